The Bertz CT molecular complexity index is 684. The van der Waals surface area contributed by atoms with Crippen molar-refractivity contribution in [2.45, 2.75) is 44.9 Å². The molecule has 2 atom stereocenters. The van der Waals surface area contributed by atoms with Crippen LogP contribution in [-0.4, -0.2) is 29.4 Å². The van der Waals surface area contributed by atoms with Gasteiger partial charge >= 0.3 is 0 Å². The third-order valence-electron chi connectivity index (χ3n) is 5.03. The standard InChI is InChI=1S/C21H27N3O/c1-16-13-20(11-12-24(16)15-18-5-3-2-4-6-18)23-21(25)19-9-7-17(14-22)8-10-19/h2-10,16,20H,11-15,22H2,1H3,(H,23,25). The Kier molecular flexibility index (Phi) is 5.84. The van der Waals surface area contributed by atoms with Crippen LogP contribution in [0.1, 0.15) is 41.3 Å². The normalized spacial score (nSPS) is 21.0. The molecule has 0 spiro atoms. The van der Waals surface area contributed by atoms with Crippen LogP contribution in [0, 0.1) is 0 Å². The molecule has 0 saturated carbocycles. The number of carbonyl (C=O) groups excluding carboxylic acids is 1. The second kappa shape index (κ2) is 8.28. The van der Waals surface area contributed by atoms with Crippen molar-refractivity contribution in [3.8, 4) is 0 Å². The Labute approximate surface area is 150 Å². The Balaban J connectivity index is 1.52. The second-order valence-corrected chi connectivity index (χ2v) is 6.90. The van der Waals surface area contributed by atoms with Crippen LogP contribution in [0.2, 0.25) is 0 Å². The fourth-order valence-corrected chi connectivity index (χ4v) is 3.47. The number of rotatable bonds is 5. The van der Waals surface area contributed by atoms with Crippen molar-refractivity contribution >= 4 is 5.91 Å². The van der Waals surface area contributed by atoms with Gasteiger partial charge in [0.15, 0.2) is 0 Å². The van der Waals surface area contributed by atoms with E-state index in [1.54, 1.807) is 0 Å². The van der Waals surface area contributed by atoms with Crippen LogP contribution in [-0.2, 0) is 13.1 Å². The largest absolute Gasteiger partial charge is 0.349 e. The van der Waals surface area contributed by atoms with E-state index < -0.39 is 0 Å². The maximum Gasteiger partial charge on any atom is 0.251 e. The SMILES string of the molecule is CC1CC(NC(=O)c2ccc(CN)cc2)CCN1Cc1ccccc1. The molecule has 2 unspecified atom stereocenters. The highest BCUT2D eigenvalue weighted by molar-refractivity contribution is 5.94. The van der Waals surface area contributed by atoms with E-state index in [0.29, 0.717) is 18.2 Å². The summed E-state index contributed by atoms with van der Waals surface area (Å²) in [5.41, 5.74) is 8.69. The molecule has 4 nitrogen and oxygen atoms in total. The zero-order valence-corrected chi connectivity index (χ0v) is 14.8. The number of hydrogen-bond donors (Lipinski definition) is 2. The molecule has 1 amide bonds. The van der Waals surface area contributed by atoms with E-state index in [9.17, 15) is 4.79 Å². The van der Waals surface area contributed by atoms with Gasteiger partial charge in [0.2, 0.25) is 0 Å². The number of carbonyl (C=O) groups is 1. The van der Waals surface area contributed by atoms with E-state index in [4.69, 9.17) is 5.73 Å². The van der Waals surface area contributed by atoms with Crippen molar-refractivity contribution in [3.63, 3.8) is 0 Å². The lowest BCUT2D eigenvalue weighted by atomic mass is 9.97. The van der Waals surface area contributed by atoms with Crippen LogP contribution in [0.15, 0.2) is 54.6 Å². The smallest absolute Gasteiger partial charge is 0.251 e. The molecule has 2 aromatic carbocycles. The van der Waals surface area contributed by atoms with Crippen LogP contribution in [0.5, 0.6) is 0 Å². The Morgan fingerprint density at radius 3 is 2.48 bits per heavy atom. The van der Waals surface area contributed by atoms with Crippen molar-refractivity contribution in [2.75, 3.05) is 6.54 Å². The number of nitrogens with two attached hydrogens (primary N) is 1. The van der Waals surface area contributed by atoms with Crippen molar-refractivity contribution in [1.29, 1.82) is 0 Å². The molecule has 1 saturated heterocycles. The number of hydrogen-bond acceptors (Lipinski definition) is 3. The number of likely N-dealkylation sites (tertiary alicyclic amines) is 1. The second-order valence-electron chi connectivity index (χ2n) is 6.90. The van der Waals surface area contributed by atoms with Crippen molar-refractivity contribution in [1.82, 2.24) is 10.2 Å². The first-order valence-electron chi connectivity index (χ1n) is 9.03. The van der Waals surface area contributed by atoms with E-state index in [1.165, 1.54) is 5.56 Å². The highest BCUT2D eigenvalue weighted by Crippen LogP contribution is 2.20. The van der Waals surface area contributed by atoms with Crippen LogP contribution in [0.4, 0.5) is 0 Å². The van der Waals surface area contributed by atoms with Gasteiger partial charge in [-0.05, 0) is 43.0 Å². The average Bonchev–Trinajstić information content (AvgIpc) is 2.65. The maximum absolute atomic E-state index is 12.4. The summed E-state index contributed by atoms with van der Waals surface area (Å²) in [5, 5.41) is 3.19. The lowest BCUT2D eigenvalue weighted by Crippen LogP contribution is -2.48. The number of amides is 1. The fraction of sp³-hybridized carbons (Fsp3) is 0.381. The number of nitrogens with one attached hydrogen (secondary N) is 1. The quantitative estimate of drug-likeness (QED) is 0.882. The minimum absolute atomic E-state index is 0.0114. The zero-order chi connectivity index (χ0) is 17.6. The number of nitrogens with zero attached hydrogens (tertiary/aromatic N) is 1. The van der Waals surface area contributed by atoms with E-state index in [2.05, 4.69) is 47.5 Å². The summed E-state index contributed by atoms with van der Waals surface area (Å²) in [6.45, 7) is 4.73. The molecular formula is C21H27N3O. The lowest BCUT2D eigenvalue weighted by Gasteiger charge is -2.38. The van der Waals surface area contributed by atoms with Gasteiger partial charge in [-0.15, -0.1) is 0 Å². The van der Waals surface area contributed by atoms with Gasteiger partial charge in [-0.2, -0.15) is 0 Å². The molecule has 2 aromatic rings. The molecule has 1 heterocycles. The number of piperidine rings is 1. The minimum atomic E-state index is 0.0114. The highest BCUT2D eigenvalue weighted by Gasteiger charge is 2.26. The Morgan fingerprint density at radius 1 is 1.12 bits per heavy atom. The molecule has 132 valence electrons. The Hall–Kier alpha value is -2.17. The molecule has 1 aliphatic heterocycles. The average molecular weight is 337 g/mol. The molecule has 0 bridgehead atoms. The van der Waals surface area contributed by atoms with Crippen LogP contribution >= 0.6 is 0 Å². The molecule has 0 aliphatic carbocycles. The summed E-state index contributed by atoms with van der Waals surface area (Å²) in [6, 6.07) is 18.8. The summed E-state index contributed by atoms with van der Waals surface area (Å²) in [5.74, 6) is 0.0114. The zero-order valence-electron chi connectivity index (χ0n) is 14.8. The topological polar surface area (TPSA) is 58.4 Å². The third-order valence-corrected chi connectivity index (χ3v) is 5.03. The fourth-order valence-electron chi connectivity index (χ4n) is 3.47. The van der Waals surface area contributed by atoms with Crippen LogP contribution in [0.3, 0.4) is 0 Å². The van der Waals surface area contributed by atoms with Gasteiger partial charge in [-0.1, -0.05) is 42.5 Å². The monoisotopic (exact) mass is 337 g/mol. The summed E-state index contributed by atoms with van der Waals surface area (Å²) in [4.78, 5) is 14.9. The highest BCUT2D eigenvalue weighted by atomic mass is 16.1. The van der Waals surface area contributed by atoms with Gasteiger partial charge in [-0.25, -0.2) is 0 Å². The first-order chi connectivity index (χ1) is 12.2. The summed E-state index contributed by atoms with van der Waals surface area (Å²) < 4.78 is 0. The van der Waals surface area contributed by atoms with Crippen LogP contribution < -0.4 is 11.1 Å². The summed E-state index contributed by atoms with van der Waals surface area (Å²) in [6.07, 6.45) is 1.98. The summed E-state index contributed by atoms with van der Waals surface area (Å²) in [7, 11) is 0. The first-order valence-corrected chi connectivity index (χ1v) is 9.03. The molecule has 1 aliphatic rings. The van der Waals surface area contributed by atoms with Crippen molar-refractivity contribution in [3.05, 3.63) is 71.3 Å². The molecule has 4 heteroatoms. The predicted octanol–water partition coefficient (Wildman–Crippen LogP) is 2.93. The van der Waals surface area contributed by atoms with Gasteiger partial charge < -0.3 is 11.1 Å². The molecule has 0 aromatic heterocycles. The molecular weight excluding hydrogens is 310 g/mol. The van der Waals surface area contributed by atoms with Crippen LogP contribution in [0.25, 0.3) is 0 Å². The third kappa shape index (κ3) is 4.68. The van der Waals surface area contributed by atoms with Gasteiger partial charge in [0.25, 0.3) is 5.91 Å². The van der Waals surface area contributed by atoms with Gasteiger partial charge in [0.1, 0.15) is 0 Å². The molecule has 1 fully saturated rings. The number of benzene rings is 2. The predicted molar refractivity (Wildman–Crippen MR) is 101 cm³/mol. The molecule has 3 N–H and O–H groups in total. The first kappa shape index (κ1) is 17.6. The van der Waals surface area contributed by atoms with E-state index in [1.807, 2.05) is 24.3 Å². The molecule has 25 heavy (non-hydrogen) atoms. The van der Waals surface area contributed by atoms with E-state index >= 15 is 0 Å². The van der Waals surface area contributed by atoms with E-state index in [0.717, 1.165) is 31.5 Å². The summed E-state index contributed by atoms with van der Waals surface area (Å²) >= 11 is 0. The minimum Gasteiger partial charge on any atom is -0.349 e. The van der Waals surface area contributed by atoms with Crippen molar-refractivity contribution in [2.24, 2.45) is 5.73 Å². The van der Waals surface area contributed by atoms with Gasteiger partial charge in [0.05, 0.1) is 0 Å². The van der Waals surface area contributed by atoms with E-state index in [-0.39, 0.29) is 11.9 Å². The van der Waals surface area contributed by atoms with Gasteiger partial charge in [0, 0.05) is 37.3 Å². The lowest BCUT2D eigenvalue weighted by molar-refractivity contribution is 0.0866. The maximum atomic E-state index is 12.4. The Morgan fingerprint density at radius 2 is 1.84 bits per heavy atom. The van der Waals surface area contributed by atoms with Crippen molar-refractivity contribution < 1.29 is 4.79 Å². The van der Waals surface area contributed by atoms with Gasteiger partial charge in [-0.3, -0.25) is 9.69 Å². The molecule has 0 radical (unpaired) electrons. The molecule has 3 rings (SSSR count).